The van der Waals surface area contributed by atoms with Gasteiger partial charge in [0.05, 0.1) is 13.2 Å². The fraction of sp³-hybridized carbons (Fsp3) is 0.444. The molecule has 1 amide bonds. The Morgan fingerprint density at radius 2 is 2.43 bits per heavy atom. The van der Waals surface area contributed by atoms with Crippen molar-refractivity contribution in [2.24, 2.45) is 5.73 Å². The molecule has 0 saturated carbocycles. The number of aliphatic hydroxyl groups excluding tert-OH is 1. The molecular weight excluding hydrogens is 184 g/mol. The van der Waals surface area contributed by atoms with Crippen LogP contribution >= 0.6 is 0 Å². The van der Waals surface area contributed by atoms with Crippen LogP contribution in [0.15, 0.2) is 16.5 Å². The molecule has 14 heavy (non-hydrogen) atoms. The first-order valence-electron chi connectivity index (χ1n) is 4.33. The molecule has 4 N–H and O–H groups in total. The van der Waals surface area contributed by atoms with Crippen molar-refractivity contribution < 1.29 is 14.3 Å². The van der Waals surface area contributed by atoms with Gasteiger partial charge in [0.15, 0.2) is 0 Å². The highest BCUT2D eigenvalue weighted by Crippen LogP contribution is 2.05. The molecule has 1 aromatic heterocycles. The van der Waals surface area contributed by atoms with Crippen molar-refractivity contribution in [2.75, 3.05) is 6.61 Å². The van der Waals surface area contributed by atoms with E-state index in [4.69, 9.17) is 15.3 Å². The Hall–Kier alpha value is -1.33. The van der Waals surface area contributed by atoms with E-state index in [9.17, 15) is 4.79 Å². The minimum absolute atomic E-state index is 0.292. The average Bonchev–Trinajstić information content (AvgIpc) is 2.59. The Morgan fingerprint density at radius 3 is 2.93 bits per heavy atom. The van der Waals surface area contributed by atoms with Crippen LogP contribution in [0.25, 0.3) is 0 Å². The predicted octanol–water partition coefficient (Wildman–Crippen LogP) is -0.476. The summed E-state index contributed by atoms with van der Waals surface area (Å²) in [7, 11) is 0. The van der Waals surface area contributed by atoms with Gasteiger partial charge in [0.2, 0.25) is 5.91 Å². The van der Waals surface area contributed by atoms with E-state index in [0.717, 1.165) is 5.76 Å². The second-order valence-electron chi connectivity index (χ2n) is 3.02. The molecule has 0 bridgehead atoms. The van der Waals surface area contributed by atoms with Crippen LogP contribution in [0.4, 0.5) is 0 Å². The third-order valence-electron chi connectivity index (χ3n) is 1.77. The maximum Gasteiger partial charge on any atom is 0.239 e. The van der Waals surface area contributed by atoms with Crippen LogP contribution in [0.3, 0.4) is 0 Å². The second kappa shape index (κ2) is 4.78. The molecule has 1 rings (SSSR count). The number of carbonyl (C=O) groups is 1. The van der Waals surface area contributed by atoms with Gasteiger partial charge in [-0.3, -0.25) is 4.79 Å². The molecule has 5 nitrogen and oxygen atoms in total. The topological polar surface area (TPSA) is 88.5 Å². The number of aryl methyl sites for hydroxylation is 1. The summed E-state index contributed by atoms with van der Waals surface area (Å²) in [6.07, 6.45) is 0. The lowest BCUT2D eigenvalue weighted by Crippen LogP contribution is -2.42. The summed E-state index contributed by atoms with van der Waals surface area (Å²) < 4.78 is 5.23. The van der Waals surface area contributed by atoms with Crippen molar-refractivity contribution in [3.05, 3.63) is 23.7 Å². The van der Waals surface area contributed by atoms with Gasteiger partial charge in [-0.2, -0.15) is 0 Å². The summed E-state index contributed by atoms with van der Waals surface area (Å²) in [5.41, 5.74) is 5.29. The second-order valence-corrected chi connectivity index (χ2v) is 3.02. The zero-order chi connectivity index (χ0) is 10.6. The lowest BCUT2D eigenvalue weighted by Gasteiger charge is -2.07. The van der Waals surface area contributed by atoms with Crippen LogP contribution in [0, 0.1) is 6.92 Å². The number of hydrogen-bond donors (Lipinski definition) is 3. The fourth-order valence-corrected chi connectivity index (χ4v) is 0.968. The van der Waals surface area contributed by atoms with Crippen molar-refractivity contribution in [3.63, 3.8) is 0 Å². The van der Waals surface area contributed by atoms with Gasteiger partial charge in [-0.1, -0.05) is 0 Å². The highest BCUT2D eigenvalue weighted by Gasteiger charge is 2.11. The maximum absolute atomic E-state index is 11.1. The Morgan fingerprint density at radius 1 is 1.71 bits per heavy atom. The van der Waals surface area contributed by atoms with E-state index >= 15 is 0 Å². The standard InChI is InChI=1S/C9H14N2O3/c1-6-2-3-7(14-6)4-11-9(13)8(10)5-12/h2-3,8,12H,4-5,10H2,1H3,(H,11,13). The molecule has 5 heteroatoms. The van der Waals surface area contributed by atoms with E-state index < -0.39 is 6.04 Å². The van der Waals surface area contributed by atoms with Gasteiger partial charge in [-0.05, 0) is 19.1 Å². The van der Waals surface area contributed by atoms with E-state index in [1.807, 2.05) is 13.0 Å². The normalized spacial score (nSPS) is 12.5. The molecule has 0 radical (unpaired) electrons. The molecule has 1 atom stereocenters. The van der Waals surface area contributed by atoms with Crippen LogP contribution in [0.5, 0.6) is 0 Å². The van der Waals surface area contributed by atoms with Crippen LogP contribution < -0.4 is 11.1 Å². The van der Waals surface area contributed by atoms with E-state index in [1.54, 1.807) is 6.07 Å². The van der Waals surface area contributed by atoms with Crippen LogP contribution in [0.2, 0.25) is 0 Å². The lowest BCUT2D eigenvalue weighted by atomic mass is 10.3. The van der Waals surface area contributed by atoms with Crippen molar-refractivity contribution in [1.29, 1.82) is 0 Å². The summed E-state index contributed by atoms with van der Waals surface area (Å²) in [6, 6.07) is 2.72. The summed E-state index contributed by atoms with van der Waals surface area (Å²) >= 11 is 0. The van der Waals surface area contributed by atoms with Crippen LogP contribution in [-0.2, 0) is 11.3 Å². The van der Waals surface area contributed by atoms with E-state index in [0.29, 0.717) is 12.3 Å². The largest absolute Gasteiger partial charge is 0.465 e. The number of aliphatic hydroxyl groups is 1. The van der Waals surface area contributed by atoms with Crippen LogP contribution in [-0.4, -0.2) is 23.7 Å². The van der Waals surface area contributed by atoms with Gasteiger partial charge in [0.25, 0.3) is 0 Å². The molecular formula is C9H14N2O3. The maximum atomic E-state index is 11.1. The Labute approximate surface area is 81.9 Å². The molecule has 1 heterocycles. The fourth-order valence-electron chi connectivity index (χ4n) is 0.968. The smallest absolute Gasteiger partial charge is 0.239 e. The molecule has 0 aliphatic carbocycles. The van der Waals surface area contributed by atoms with Gasteiger partial charge in [0, 0.05) is 0 Å². The SMILES string of the molecule is Cc1ccc(CNC(=O)C(N)CO)o1. The average molecular weight is 198 g/mol. The highest BCUT2D eigenvalue weighted by atomic mass is 16.3. The predicted molar refractivity (Wildman–Crippen MR) is 50.4 cm³/mol. The van der Waals surface area contributed by atoms with Gasteiger partial charge < -0.3 is 20.6 Å². The number of rotatable bonds is 4. The number of carbonyl (C=O) groups excluding carboxylic acids is 1. The minimum atomic E-state index is -0.869. The molecule has 0 fully saturated rings. The number of amides is 1. The molecule has 1 aromatic rings. The molecule has 0 aliphatic rings. The first kappa shape index (κ1) is 10.7. The number of nitrogens with one attached hydrogen (secondary N) is 1. The number of nitrogens with two attached hydrogens (primary N) is 1. The molecule has 0 aromatic carbocycles. The van der Waals surface area contributed by atoms with Gasteiger partial charge >= 0.3 is 0 Å². The summed E-state index contributed by atoms with van der Waals surface area (Å²) in [5, 5.41) is 11.1. The van der Waals surface area contributed by atoms with Crippen LogP contribution in [0.1, 0.15) is 11.5 Å². The Kier molecular flexibility index (Phi) is 3.67. The first-order chi connectivity index (χ1) is 6.63. The van der Waals surface area contributed by atoms with Crippen molar-refractivity contribution in [1.82, 2.24) is 5.32 Å². The Balaban J connectivity index is 2.37. The van der Waals surface area contributed by atoms with Crippen molar-refractivity contribution in [2.45, 2.75) is 19.5 Å². The molecule has 0 saturated heterocycles. The zero-order valence-corrected chi connectivity index (χ0v) is 7.99. The molecule has 78 valence electrons. The van der Waals surface area contributed by atoms with Crippen molar-refractivity contribution in [3.8, 4) is 0 Å². The molecule has 0 aliphatic heterocycles. The molecule has 1 unspecified atom stereocenters. The third kappa shape index (κ3) is 2.86. The number of hydrogen-bond acceptors (Lipinski definition) is 4. The van der Waals surface area contributed by atoms with E-state index in [1.165, 1.54) is 0 Å². The Bertz CT molecular complexity index is 309. The van der Waals surface area contributed by atoms with Gasteiger partial charge in [-0.15, -0.1) is 0 Å². The third-order valence-corrected chi connectivity index (χ3v) is 1.77. The first-order valence-corrected chi connectivity index (χ1v) is 4.33. The summed E-state index contributed by atoms with van der Waals surface area (Å²) in [5.74, 6) is 1.07. The van der Waals surface area contributed by atoms with Gasteiger partial charge in [0.1, 0.15) is 17.6 Å². The van der Waals surface area contributed by atoms with E-state index in [-0.39, 0.29) is 12.5 Å². The number of furan rings is 1. The van der Waals surface area contributed by atoms with E-state index in [2.05, 4.69) is 5.32 Å². The lowest BCUT2D eigenvalue weighted by molar-refractivity contribution is -0.123. The minimum Gasteiger partial charge on any atom is -0.465 e. The zero-order valence-electron chi connectivity index (χ0n) is 7.99. The van der Waals surface area contributed by atoms with Gasteiger partial charge in [-0.25, -0.2) is 0 Å². The summed E-state index contributed by atoms with van der Waals surface area (Å²) in [6.45, 7) is 1.76. The molecule has 0 spiro atoms. The quantitative estimate of drug-likeness (QED) is 0.610. The van der Waals surface area contributed by atoms with Crippen molar-refractivity contribution >= 4 is 5.91 Å². The monoisotopic (exact) mass is 198 g/mol. The summed E-state index contributed by atoms with van der Waals surface area (Å²) in [4.78, 5) is 11.1. The highest BCUT2D eigenvalue weighted by molar-refractivity contribution is 5.81.